The summed E-state index contributed by atoms with van der Waals surface area (Å²) in [5.41, 5.74) is 3.07. The Hall–Kier alpha value is -3.80. The van der Waals surface area contributed by atoms with E-state index in [1.165, 1.54) is 0 Å². The third kappa shape index (κ3) is 5.39. The molecule has 0 aliphatic carbocycles. The van der Waals surface area contributed by atoms with Gasteiger partial charge in [-0.25, -0.2) is 0 Å². The molecule has 0 aromatic heterocycles. The molecule has 1 unspecified atom stereocenters. The van der Waals surface area contributed by atoms with Crippen molar-refractivity contribution in [2.24, 2.45) is 5.92 Å². The van der Waals surface area contributed by atoms with Crippen LogP contribution < -0.4 is 14.8 Å². The SMILES string of the molecule is COc1ccc(CCN2CC(C(=O)NC(c3ccccc3)c3ccccc3)CC2=O)cc1OC. The van der Waals surface area contributed by atoms with E-state index in [0.29, 0.717) is 31.0 Å². The minimum Gasteiger partial charge on any atom is -0.493 e. The number of nitrogens with zero attached hydrogens (tertiary/aromatic N) is 1. The zero-order valence-electron chi connectivity index (χ0n) is 19.6. The number of hydrogen-bond acceptors (Lipinski definition) is 4. The molecule has 1 atom stereocenters. The molecule has 0 saturated carbocycles. The van der Waals surface area contributed by atoms with Gasteiger partial charge in [-0.15, -0.1) is 0 Å². The van der Waals surface area contributed by atoms with Crippen LogP contribution in [-0.4, -0.2) is 44.0 Å². The normalized spacial score (nSPS) is 15.4. The van der Waals surface area contributed by atoms with Gasteiger partial charge in [0.1, 0.15) is 0 Å². The monoisotopic (exact) mass is 458 g/mol. The van der Waals surface area contributed by atoms with Crippen LogP contribution in [0.4, 0.5) is 0 Å². The Bertz CT molecular complexity index is 1080. The van der Waals surface area contributed by atoms with E-state index >= 15 is 0 Å². The van der Waals surface area contributed by atoms with Gasteiger partial charge in [-0.05, 0) is 35.2 Å². The molecule has 6 nitrogen and oxygen atoms in total. The molecule has 6 heteroatoms. The summed E-state index contributed by atoms with van der Waals surface area (Å²) in [6, 6.07) is 25.3. The predicted molar refractivity (Wildman–Crippen MR) is 131 cm³/mol. The number of likely N-dealkylation sites (tertiary alicyclic amines) is 1. The Morgan fingerprint density at radius 3 is 2.15 bits per heavy atom. The van der Waals surface area contributed by atoms with Gasteiger partial charge in [-0.3, -0.25) is 9.59 Å². The lowest BCUT2D eigenvalue weighted by Crippen LogP contribution is -2.36. The third-order valence-corrected chi connectivity index (χ3v) is 6.26. The Morgan fingerprint density at radius 1 is 0.941 bits per heavy atom. The average molecular weight is 459 g/mol. The lowest BCUT2D eigenvalue weighted by atomic mass is 9.97. The van der Waals surface area contributed by atoms with Crippen LogP contribution in [0.25, 0.3) is 0 Å². The first-order valence-corrected chi connectivity index (χ1v) is 11.5. The second kappa shape index (κ2) is 10.9. The van der Waals surface area contributed by atoms with Crippen LogP contribution in [-0.2, 0) is 16.0 Å². The van der Waals surface area contributed by atoms with Crippen LogP contribution in [0.5, 0.6) is 11.5 Å². The van der Waals surface area contributed by atoms with E-state index in [-0.39, 0.29) is 30.2 Å². The van der Waals surface area contributed by atoms with E-state index in [0.717, 1.165) is 16.7 Å². The number of rotatable bonds is 9. The zero-order valence-corrected chi connectivity index (χ0v) is 19.6. The van der Waals surface area contributed by atoms with Gasteiger partial charge < -0.3 is 19.7 Å². The molecule has 1 saturated heterocycles. The largest absolute Gasteiger partial charge is 0.493 e. The number of methoxy groups -OCH3 is 2. The summed E-state index contributed by atoms with van der Waals surface area (Å²) >= 11 is 0. The molecule has 0 radical (unpaired) electrons. The molecule has 0 bridgehead atoms. The average Bonchev–Trinajstić information content (AvgIpc) is 3.27. The van der Waals surface area contributed by atoms with E-state index in [9.17, 15) is 9.59 Å². The van der Waals surface area contributed by atoms with Gasteiger partial charge in [-0.2, -0.15) is 0 Å². The van der Waals surface area contributed by atoms with Crippen LogP contribution in [0.3, 0.4) is 0 Å². The number of benzene rings is 3. The highest BCUT2D eigenvalue weighted by molar-refractivity contribution is 5.89. The van der Waals surface area contributed by atoms with Gasteiger partial charge in [0.25, 0.3) is 0 Å². The summed E-state index contributed by atoms with van der Waals surface area (Å²) in [4.78, 5) is 27.6. The molecule has 1 aliphatic heterocycles. The van der Waals surface area contributed by atoms with Crippen molar-refractivity contribution in [3.63, 3.8) is 0 Å². The molecular weight excluding hydrogens is 428 g/mol. The van der Waals surface area contributed by atoms with E-state index < -0.39 is 0 Å². The molecular formula is C28H30N2O4. The summed E-state index contributed by atoms with van der Waals surface area (Å²) in [6.45, 7) is 0.979. The lowest BCUT2D eigenvalue weighted by Gasteiger charge is -2.22. The molecule has 3 aromatic rings. The maximum atomic E-state index is 13.2. The number of carbonyl (C=O) groups excluding carboxylic acids is 2. The van der Waals surface area contributed by atoms with E-state index in [1.807, 2.05) is 78.9 Å². The highest BCUT2D eigenvalue weighted by Gasteiger charge is 2.35. The zero-order chi connectivity index (χ0) is 23.9. The van der Waals surface area contributed by atoms with E-state index in [4.69, 9.17) is 9.47 Å². The Morgan fingerprint density at radius 2 is 1.56 bits per heavy atom. The fraction of sp³-hybridized carbons (Fsp3) is 0.286. The summed E-state index contributed by atoms with van der Waals surface area (Å²) in [5, 5.41) is 3.19. The number of nitrogens with one attached hydrogen (secondary N) is 1. The highest BCUT2D eigenvalue weighted by atomic mass is 16.5. The highest BCUT2D eigenvalue weighted by Crippen LogP contribution is 2.28. The quantitative estimate of drug-likeness (QED) is 0.526. The molecule has 0 spiro atoms. The van der Waals surface area contributed by atoms with Gasteiger partial charge >= 0.3 is 0 Å². The number of ether oxygens (including phenoxy) is 2. The fourth-order valence-electron chi connectivity index (χ4n) is 4.37. The van der Waals surface area contributed by atoms with Crippen molar-refractivity contribution in [1.82, 2.24) is 10.2 Å². The summed E-state index contributed by atoms with van der Waals surface area (Å²) in [6.07, 6.45) is 0.908. The van der Waals surface area contributed by atoms with E-state index in [1.54, 1.807) is 19.1 Å². The van der Waals surface area contributed by atoms with Crippen molar-refractivity contribution >= 4 is 11.8 Å². The minimum atomic E-state index is -0.368. The van der Waals surface area contributed by atoms with Gasteiger partial charge in [0.15, 0.2) is 11.5 Å². The molecule has 34 heavy (non-hydrogen) atoms. The molecule has 3 aromatic carbocycles. The number of hydrogen-bond donors (Lipinski definition) is 1. The van der Waals surface area contributed by atoms with Gasteiger partial charge in [-0.1, -0.05) is 66.7 Å². The molecule has 1 aliphatic rings. The van der Waals surface area contributed by atoms with E-state index in [2.05, 4.69) is 5.32 Å². The van der Waals surface area contributed by atoms with Crippen LogP contribution >= 0.6 is 0 Å². The smallest absolute Gasteiger partial charge is 0.226 e. The third-order valence-electron chi connectivity index (χ3n) is 6.26. The predicted octanol–water partition coefficient (Wildman–Crippen LogP) is 4.00. The maximum absolute atomic E-state index is 13.2. The first-order valence-electron chi connectivity index (χ1n) is 11.5. The lowest BCUT2D eigenvalue weighted by molar-refractivity contribution is -0.129. The first-order chi connectivity index (χ1) is 16.6. The molecule has 2 amide bonds. The molecule has 1 N–H and O–H groups in total. The molecule has 1 fully saturated rings. The van der Waals surface area contributed by atoms with Crippen LogP contribution in [0.15, 0.2) is 78.9 Å². The second-order valence-corrected chi connectivity index (χ2v) is 8.44. The first kappa shape index (κ1) is 23.4. The molecule has 1 heterocycles. The van der Waals surface area contributed by atoms with Gasteiger partial charge in [0, 0.05) is 19.5 Å². The van der Waals surface area contributed by atoms with Crippen molar-refractivity contribution < 1.29 is 19.1 Å². The summed E-state index contributed by atoms with van der Waals surface area (Å²) in [5.74, 6) is 0.883. The minimum absolute atomic E-state index is 0.0107. The van der Waals surface area contributed by atoms with Crippen molar-refractivity contribution in [2.75, 3.05) is 27.3 Å². The van der Waals surface area contributed by atoms with Gasteiger partial charge in [0.05, 0.1) is 26.2 Å². The topological polar surface area (TPSA) is 67.9 Å². The standard InChI is InChI=1S/C28H30N2O4/c1-33-24-14-13-20(17-25(24)34-2)15-16-30-19-23(18-26(30)31)28(32)29-27(21-9-5-3-6-10-21)22-11-7-4-8-12-22/h3-14,17,23,27H,15-16,18-19H2,1-2H3,(H,29,32). The number of carbonyl (C=O) groups is 2. The van der Waals surface area contributed by atoms with Crippen LogP contribution in [0.1, 0.15) is 29.2 Å². The van der Waals surface area contributed by atoms with Crippen molar-refractivity contribution in [3.05, 3.63) is 95.6 Å². The molecule has 4 rings (SSSR count). The van der Waals surface area contributed by atoms with Crippen molar-refractivity contribution in [1.29, 1.82) is 0 Å². The maximum Gasteiger partial charge on any atom is 0.226 e. The van der Waals surface area contributed by atoms with Crippen LogP contribution in [0.2, 0.25) is 0 Å². The Balaban J connectivity index is 1.40. The van der Waals surface area contributed by atoms with Crippen LogP contribution in [0, 0.1) is 5.92 Å². The van der Waals surface area contributed by atoms with Crippen molar-refractivity contribution in [3.8, 4) is 11.5 Å². The summed E-state index contributed by atoms with van der Waals surface area (Å²) < 4.78 is 10.7. The Kier molecular flexibility index (Phi) is 7.48. The molecule has 176 valence electrons. The Labute approximate surface area is 200 Å². The summed E-state index contributed by atoms with van der Waals surface area (Å²) in [7, 11) is 3.21. The number of amides is 2. The van der Waals surface area contributed by atoms with Crippen molar-refractivity contribution in [2.45, 2.75) is 18.9 Å². The second-order valence-electron chi connectivity index (χ2n) is 8.44. The fourth-order valence-corrected chi connectivity index (χ4v) is 4.37. The van der Waals surface area contributed by atoms with Gasteiger partial charge in [0.2, 0.25) is 11.8 Å².